The summed E-state index contributed by atoms with van der Waals surface area (Å²) in [5.41, 5.74) is 14.9. The van der Waals surface area contributed by atoms with E-state index in [0.717, 1.165) is 53.1 Å². The minimum Gasteiger partial charge on any atom is -0.493 e. The second-order valence-electron chi connectivity index (χ2n) is 10.1. The third kappa shape index (κ3) is 5.65. The summed E-state index contributed by atoms with van der Waals surface area (Å²) in [5.74, 6) is 1.06. The Bertz CT molecular complexity index is 1420. The van der Waals surface area contributed by atoms with Crippen LogP contribution < -0.4 is 15.4 Å². The topological polar surface area (TPSA) is 73.4 Å². The van der Waals surface area contributed by atoms with Gasteiger partial charge < -0.3 is 15.4 Å². The highest BCUT2D eigenvalue weighted by Gasteiger charge is 2.24. The lowest BCUT2D eigenvalue weighted by Crippen LogP contribution is -2.35. The number of nitrogens with zero attached hydrogens (tertiary/aromatic N) is 3. The van der Waals surface area contributed by atoms with Crippen LogP contribution in [0.1, 0.15) is 47.1 Å². The zero-order valence-corrected chi connectivity index (χ0v) is 22.3. The summed E-state index contributed by atoms with van der Waals surface area (Å²) >= 11 is 0. The third-order valence-electron chi connectivity index (χ3n) is 7.42. The van der Waals surface area contributed by atoms with E-state index in [0.29, 0.717) is 32.5 Å². The van der Waals surface area contributed by atoms with Crippen LogP contribution in [0.15, 0.2) is 73.1 Å². The van der Waals surface area contributed by atoms with Gasteiger partial charge in [-0.25, -0.2) is 0 Å². The van der Waals surface area contributed by atoms with Gasteiger partial charge in [-0.3, -0.25) is 9.48 Å². The van der Waals surface area contributed by atoms with Gasteiger partial charge in [-0.2, -0.15) is 5.10 Å². The fourth-order valence-electron chi connectivity index (χ4n) is 5.21. The molecule has 6 nitrogen and oxygen atoms in total. The van der Waals surface area contributed by atoms with E-state index in [9.17, 15) is 4.79 Å². The lowest BCUT2D eigenvalue weighted by atomic mass is 9.93. The number of carbonyl (C=O) groups is 1. The van der Waals surface area contributed by atoms with Crippen molar-refractivity contribution in [1.29, 1.82) is 0 Å². The molecule has 0 spiro atoms. The summed E-state index contributed by atoms with van der Waals surface area (Å²) < 4.78 is 7.94. The van der Waals surface area contributed by atoms with Crippen molar-refractivity contribution in [1.82, 2.24) is 9.78 Å². The molecule has 0 unspecified atom stereocenters. The molecular weight excluding hydrogens is 472 g/mol. The first-order valence-corrected chi connectivity index (χ1v) is 13.5. The SMILES string of the molecule is Cc1cccc(OCCCC(=O)N2CCCc3c(-c4cnn(Cc5cccc(CN)c5)c4)cccc32)c1C. The first-order valence-electron chi connectivity index (χ1n) is 13.5. The molecule has 0 saturated heterocycles. The van der Waals surface area contributed by atoms with E-state index in [1.54, 1.807) is 0 Å². The molecule has 1 aliphatic rings. The average molecular weight is 509 g/mol. The van der Waals surface area contributed by atoms with Gasteiger partial charge in [0.15, 0.2) is 0 Å². The van der Waals surface area contributed by atoms with Gasteiger partial charge in [0.05, 0.1) is 19.3 Å². The van der Waals surface area contributed by atoms with Gasteiger partial charge >= 0.3 is 0 Å². The standard InChI is InChI=1S/C32H36N4O2/c1-23-8-3-14-31(24(23)2)38-17-7-15-32(37)36-16-6-12-29-28(11-5-13-30(29)36)27-20-34-35(22-27)21-26-10-4-9-25(18-26)19-33/h3-5,8-11,13-14,18,20,22H,6-7,12,15-17,19,21,33H2,1-2H3. The Morgan fingerprint density at radius 2 is 1.87 bits per heavy atom. The van der Waals surface area contributed by atoms with Crippen molar-refractivity contribution in [2.75, 3.05) is 18.1 Å². The minimum absolute atomic E-state index is 0.156. The van der Waals surface area contributed by atoms with Crippen molar-refractivity contribution in [3.63, 3.8) is 0 Å². The number of aryl methyl sites for hydroxylation is 1. The average Bonchev–Trinajstić information content (AvgIpc) is 3.40. The predicted molar refractivity (Wildman–Crippen MR) is 152 cm³/mol. The number of amides is 1. The molecule has 0 saturated carbocycles. The summed E-state index contributed by atoms with van der Waals surface area (Å²) in [6, 6.07) is 20.7. The smallest absolute Gasteiger partial charge is 0.227 e. The Morgan fingerprint density at radius 3 is 2.74 bits per heavy atom. The summed E-state index contributed by atoms with van der Waals surface area (Å²) in [7, 11) is 0. The first kappa shape index (κ1) is 25.7. The molecule has 0 fully saturated rings. The summed E-state index contributed by atoms with van der Waals surface area (Å²) in [6.07, 6.45) is 7.08. The van der Waals surface area contributed by atoms with Crippen LogP contribution in [0.4, 0.5) is 5.69 Å². The maximum absolute atomic E-state index is 13.2. The molecule has 38 heavy (non-hydrogen) atoms. The van der Waals surface area contributed by atoms with Crippen molar-refractivity contribution in [3.05, 3.63) is 101 Å². The molecule has 1 aliphatic heterocycles. The maximum atomic E-state index is 13.2. The third-order valence-corrected chi connectivity index (χ3v) is 7.42. The van der Waals surface area contributed by atoms with E-state index in [1.165, 1.54) is 16.7 Å². The normalized spacial score (nSPS) is 12.9. The number of rotatable bonds is 9. The number of benzene rings is 3. The highest BCUT2D eigenvalue weighted by molar-refractivity contribution is 5.96. The van der Waals surface area contributed by atoms with Gasteiger partial charge in [0.25, 0.3) is 0 Å². The van der Waals surface area contributed by atoms with E-state index in [-0.39, 0.29) is 5.91 Å². The molecule has 0 aliphatic carbocycles. The fourth-order valence-corrected chi connectivity index (χ4v) is 5.21. The summed E-state index contributed by atoms with van der Waals surface area (Å²) in [6.45, 7) is 6.66. The number of fused-ring (bicyclic) bond motifs is 1. The lowest BCUT2D eigenvalue weighted by molar-refractivity contribution is -0.118. The number of nitrogens with two attached hydrogens (primary N) is 1. The Labute approximate surface area is 225 Å². The van der Waals surface area contributed by atoms with Crippen molar-refractivity contribution in [2.45, 2.75) is 52.6 Å². The lowest BCUT2D eigenvalue weighted by Gasteiger charge is -2.31. The Morgan fingerprint density at radius 1 is 1.05 bits per heavy atom. The Kier molecular flexibility index (Phi) is 7.89. The quantitative estimate of drug-likeness (QED) is 0.290. The first-order chi connectivity index (χ1) is 18.5. The number of hydrogen-bond donors (Lipinski definition) is 1. The van der Waals surface area contributed by atoms with Crippen LogP contribution in [0.5, 0.6) is 5.75 Å². The molecule has 0 radical (unpaired) electrons. The van der Waals surface area contributed by atoms with Crippen LogP contribution in [0, 0.1) is 13.8 Å². The van der Waals surface area contributed by atoms with Crippen molar-refractivity contribution < 1.29 is 9.53 Å². The molecular formula is C32H36N4O2. The van der Waals surface area contributed by atoms with Crippen LogP contribution in [0.25, 0.3) is 11.1 Å². The van der Waals surface area contributed by atoms with Gasteiger partial charge in [0.1, 0.15) is 5.75 Å². The van der Waals surface area contributed by atoms with Crippen LogP contribution in [0.3, 0.4) is 0 Å². The van der Waals surface area contributed by atoms with Crippen LogP contribution in [0.2, 0.25) is 0 Å². The molecule has 0 bridgehead atoms. The molecule has 5 rings (SSSR count). The van der Waals surface area contributed by atoms with Gasteiger partial charge in [0.2, 0.25) is 5.91 Å². The number of ether oxygens (including phenoxy) is 1. The van der Waals surface area contributed by atoms with Crippen molar-refractivity contribution >= 4 is 11.6 Å². The van der Waals surface area contributed by atoms with Crippen LogP contribution in [-0.4, -0.2) is 28.8 Å². The molecule has 3 aromatic carbocycles. The number of anilines is 1. The molecule has 4 aromatic rings. The molecule has 196 valence electrons. The molecule has 1 amide bonds. The molecule has 1 aromatic heterocycles. The zero-order valence-electron chi connectivity index (χ0n) is 22.3. The van der Waals surface area contributed by atoms with Gasteiger partial charge in [-0.15, -0.1) is 0 Å². The minimum atomic E-state index is 0.156. The molecule has 2 N–H and O–H groups in total. The van der Waals surface area contributed by atoms with Crippen LogP contribution in [-0.2, 0) is 24.3 Å². The Hall–Kier alpha value is -3.90. The van der Waals surface area contributed by atoms with Gasteiger partial charge in [0, 0.05) is 37.0 Å². The number of carbonyl (C=O) groups excluding carboxylic acids is 1. The van der Waals surface area contributed by atoms with Gasteiger partial charge in [-0.1, -0.05) is 48.5 Å². The summed E-state index contributed by atoms with van der Waals surface area (Å²) in [4.78, 5) is 15.2. The van der Waals surface area contributed by atoms with Crippen LogP contribution >= 0.6 is 0 Å². The molecule has 2 heterocycles. The second-order valence-corrected chi connectivity index (χ2v) is 10.1. The van der Waals surface area contributed by atoms with E-state index in [4.69, 9.17) is 10.5 Å². The van der Waals surface area contributed by atoms with E-state index in [2.05, 4.69) is 55.5 Å². The monoisotopic (exact) mass is 508 g/mol. The zero-order chi connectivity index (χ0) is 26.5. The van der Waals surface area contributed by atoms with Crippen molar-refractivity contribution in [3.8, 4) is 16.9 Å². The highest BCUT2D eigenvalue weighted by Crippen LogP contribution is 2.36. The second kappa shape index (κ2) is 11.7. The number of hydrogen-bond acceptors (Lipinski definition) is 4. The van der Waals surface area contributed by atoms with E-state index in [1.807, 2.05) is 46.1 Å². The van der Waals surface area contributed by atoms with Gasteiger partial charge in [-0.05, 0) is 78.6 Å². The fraction of sp³-hybridized carbons (Fsp3) is 0.312. The Balaban J connectivity index is 1.25. The van der Waals surface area contributed by atoms with E-state index >= 15 is 0 Å². The summed E-state index contributed by atoms with van der Waals surface area (Å²) in [5, 5.41) is 4.62. The highest BCUT2D eigenvalue weighted by atomic mass is 16.5. The molecule has 6 heteroatoms. The largest absolute Gasteiger partial charge is 0.493 e. The maximum Gasteiger partial charge on any atom is 0.227 e. The van der Waals surface area contributed by atoms with E-state index < -0.39 is 0 Å². The predicted octanol–water partition coefficient (Wildman–Crippen LogP) is 5.81. The number of aromatic nitrogens is 2. The van der Waals surface area contributed by atoms with Crippen molar-refractivity contribution in [2.24, 2.45) is 5.73 Å². The molecule has 0 atom stereocenters.